The minimum atomic E-state index is -0.142. The molecule has 30 heavy (non-hydrogen) atoms. The standard InChI is InChI=1S/C23H26N4OS2/c1-13(2)12-27-16(5)19(22-25-21(26-28-22)18-7-6-10-30-18)20(24-23(27)29)17-9-8-14(3)15(4)11-17/h6-11,13,20H,12H2,1-5H3,(H,24,29). The summed E-state index contributed by atoms with van der Waals surface area (Å²) in [4.78, 5) is 7.88. The second-order valence-corrected chi connectivity index (χ2v) is 9.46. The highest BCUT2D eigenvalue weighted by molar-refractivity contribution is 7.80. The van der Waals surface area contributed by atoms with Crippen LogP contribution in [0.1, 0.15) is 49.4 Å². The van der Waals surface area contributed by atoms with E-state index in [1.807, 2.05) is 17.5 Å². The lowest BCUT2D eigenvalue weighted by Crippen LogP contribution is -2.47. The van der Waals surface area contributed by atoms with Crippen molar-refractivity contribution in [3.05, 3.63) is 64.0 Å². The molecule has 4 rings (SSSR count). The van der Waals surface area contributed by atoms with Crippen LogP contribution in [0.2, 0.25) is 0 Å². The number of aryl methyl sites for hydroxylation is 2. The predicted octanol–water partition coefficient (Wildman–Crippen LogP) is 5.73. The maximum Gasteiger partial charge on any atom is 0.258 e. The molecule has 3 aromatic rings. The zero-order chi connectivity index (χ0) is 21.4. The van der Waals surface area contributed by atoms with E-state index in [0.717, 1.165) is 33.4 Å². The van der Waals surface area contributed by atoms with Crippen LogP contribution in [0.15, 0.2) is 45.9 Å². The first kappa shape index (κ1) is 20.8. The summed E-state index contributed by atoms with van der Waals surface area (Å²) in [5.74, 6) is 1.61. The summed E-state index contributed by atoms with van der Waals surface area (Å²) in [7, 11) is 0. The number of thiocarbonyl (C=S) groups is 1. The summed E-state index contributed by atoms with van der Waals surface area (Å²) >= 11 is 7.35. The van der Waals surface area contributed by atoms with Gasteiger partial charge < -0.3 is 14.7 Å². The maximum atomic E-state index is 5.77. The Morgan fingerprint density at radius 1 is 1.20 bits per heavy atom. The Morgan fingerprint density at radius 3 is 2.67 bits per heavy atom. The van der Waals surface area contributed by atoms with Gasteiger partial charge in [-0.1, -0.05) is 43.3 Å². The lowest BCUT2D eigenvalue weighted by molar-refractivity contribution is 0.386. The molecule has 3 heterocycles. The third-order valence-electron chi connectivity index (χ3n) is 5.41. The Kier molecular flexibility index (Phi) is 5.75. The number of hydrogen-bond donors (Lipinski definition) is 1. The molecule has 156 valence electrons. The van der Waals surface area contributed by atoms with Crippen molar-refractivity contribution >= 4 is 34.2 Å². The molecular formula is C23H26N4OS2. The number of nitrogens with one attached hydrogen (secondary N) is 1. The van der Waals surface area contributed by atoms with E-state index in [9.17, 15) is 0 Å². The topological polar surface area (TPSA) is 54.2 Å². The van der Waals surface area contributed by atoms with Crippen LogP contribution in [0.3, 0.4) is 0 Å². The fourth-order valence-electron chi connectivity index (χ4n) is 3.68. The number of nitrogens with zero attached hydrogens (tertiary/aromatic N) is 3. The van der Waals surface area contributed by atoms with Crippen LogP contribution in [0.25, 0.3) is 16.3 Å². The van der Waals surface area contributed by atoms with Gasteiger partial charge in [-0.25, -0.2) is 0 Å². The van der Waals surface area contributed by atoms with Crippen LogP contribution in [-0.4, -0.2) is 26.7 Å². The lowest BCUT2D eigenvalue weighted by Gasteiger charge is -2.38. The second-order valence-electron chi connectivity index (χ2n) is 8.13. The number of allylic oxidation sites excluding steroid dienone is 1. The van der Waals surface area contributed by atoms with Crippen molar-refractivity contribution in [3.8, 4) is 10.7 Å². The minimum Gasteiger partial charge on any atom is -0.351 e. The van der Waals surface area contributed by atoms with Crippen molar-refractivity contribution in [2.24, 2.45) is 5.92 Å². The van der Waals surface area contributed by atoms with Gasteiger partial charge in [0.2, 0.25) is 5.82 Å². The van der Waals surface area contributed by atoms with Crippen LogP contribution in [0, 0.1) is 19.8 Å². The van der Waals surface area contributed by atoms with Crippen molar-refractivity contribution < 1.29 is 4.52 Å². The molecule has 1 unspecified atom stereocenters. The molecular weight excluding hydrogens is 412 g/mol. The summed E-state index contributed by atoms with van der Waals surface area (Å²) in [6.45, 7) is 11.5. The average molecular weight is 439 g/mol. The molecule has 5 nitrogen and oxygen atoms in total. The van der Waals surface area contributed by atoms with Gasteiger partial charge in [-0.15, -0.1) is 11.3 Å². The van der Waals surface area contributed by atoms with Gasteiger partial charge in [0, 0.05) is 12.2 Å². The average Bonchev–Trinajstić information content (AvgIpc) is 3.38. The molecule has 0 amide bonds. The van der Waals surface area contributed by atoms with Crippen LogP contribution in [-0.2, 0) is 0 Å². The fraction of sp³-hybridized carbons (Fsp3) is 0.348. The Hall–Kier alpha value is -2.51. The van der Waals surface area contributed by atoms with E-state index in [-0.39, 0.29) is 6.04 Å². The SMILES string of the molecule is CC1=C(c2nc(-c3cccs3)no2)C(c2ccc(C)c(C)c2)NC(=S)N1CC(C)C. The largest absolute Gasteiger partial charge is 0.351 e. The first-order chi connectivity index (χ1) is 14.3. The van der Waals surface area contributed by atoms with Gasteiger partial charge in [0.1, 0.15) is 0 Å². The van der Waals surface area contributed by atoms with E-state index in [1.165, 1.54) is 11.1 Å². The monoisotopic (exact) mass is 438 g/mol. The van der Waals surface area contributed by atoms with Crippen LogP contribution in [0.5, 0.6) is 0 Å². The third kappa shape index (κ3) is 3.91. The highest BCUT2D eigenvalue weighted by Gasteiger charge is 2.34. The summed E-state index contributed by atoms with van der Waals surface area (Å²) < 4.78 is 5.77. The zero-order valence-electron chi connectivity index (χ0n) is 17.9. The van der Waals surface area contributed by atoms with Gasteiger partial charge in [0.25, 0.3) is 5.89 Å². The molecule has 0 bridgehead atoms. The second kappa shape index (κ2) is 8.32. The van der Waals surface area contributed by atoms with Crippen molar-refractivity contribution in [2.75, 3.05) is 6.54 Å². The number of rotatable bonds is 5. The molecule has 0 fully saturated rings. The predicted molar refractivity (Wildman–Crippen MR) is 126 cm³/mol. The molecule has 0 aliphatic carbocycles. The zero-order valence-corrected chi connectivity index (χ0v) is 19.5. The fourth-order valence-corrected chi connectivity index (χ4v) is 4.65. The summed E-state index contributed by atoms with van der Waals surface area (Å²) in [5.41, 5.74) is 5.67. The number of aromatic nitrogens is 2. The maximum absolute atomic E-state index is 5.77. The van der Waals surface area contributed by atoms with Crippen molar-refractivity contribution in [1.29, 1.82) is 0 Å². The molecule has 0 radical (unpaired) electrons. The number of benzene rings is 1. The highest BCUT2D eigenvalue weighted by Crippen LogP contribution is 2.38. The van der Waals surface area contributed by atoms with Crippen molar-refractivity contribution in [2.45, 2.75) is 40.7 Å². The number of hydrogen-bond acceptors (Lipinski definition) is 5. The van der Waals surface area contributed by atoms with Crippen LogP contribution < -0.4 is 5.32 Å². The third-order valence-corrected chi connectivity index (χ3v) is 6.61. The van der Waals surface area contributed by atoms with Crippen LogP contribution in [0.4, 0.5) is 0 Å². The van der Waals surface area contributed by atoms with Crippen molar-refractivity contribution in [3.63, 3.8) is 0 Å². The molecule has 2 aromatic heterocycles. The van der Waals surface area contributed by atoms with Gasteiger partial charge in [0.05, 0.1) is 16.5 Å². The molecule has 1 atom stereocenters. The van der Waals surface area contributed by atoms with Crippen LogP contribution >= 0.6 is 23.6 Å². The lowest BCUT2D eigenvalue weighted by atomic mass is 9.92. The Balaban J connectivity index is 1.83. The molecule has 1 N–H and O–H groups in total. The molecule has 1 aromatic carbocycles. The van der Waals surface area contributed by atoms with E-state index in [0.29, 0.717) is 17.6 Å². The molecule has 0 saturated heterocycles. The summed E-state index contributed by atoms with van der Waals surface area (Å²) in [6.07, 6.45) is 0. The first-order valence-corrected chi connectivity index (χ1v) is 11.4. The van der Waals surface area contributed by atoms with E-state index < -0.39 is 0 Å². The number of thiophene rings is 1. The Bertz CT molecular complexity index is 1100. The first-order valence-electron chi connectivity index (χ1n) is 10.1. The van der Waals surface area contributed by atoms with Gasteiger partial charge in [-0.3, -0.25) is 0 Å². The molecule has 7 heteroatoms. The molecule has 0 saturated carbocycles. The van der Waals surface area contributed by atoms with Gasteiger partial charge in [0.15, 0.2) is 5.11 Å². The minimum absolute atomic E-state index is 0.142. The van der Waals surface area contributed by atoms with E-state index in [1.54, 1.807) is 11.3 Å². The van der Waals surface area contributed by atoms with E-state index >= 15 is 0 Å². The highest BCUT2D eigenvalue weighted by atomic mass is 32.1. The quantitative estimate of drug-likeness (QED) is 0.513. The molecule has 1 aliphatic rings. The molecule has 1 aliphatic heterocycles. The Morgan fingerprint density at radius 2 is 2.00 bits per heavy atom. The normalized spacial score (nSPS) is 17.1. The smallest absolute Gasteiger partial charge is 0.258 e. The van der Waals surface area contributed by atoms with Gasteiger partial charge >= 0.3 is 0 Å². The Labute approximate surface area is 186 Å². The summed E-state index contributed by atoms with van der Waals surface area (Å²) in [6, 6.07) is 10.3. The molecule has 0 spiro atoms. The van der Waals surface area contributed by atoms with E-state index in [4.69, 9.17) is 21.7 Å². The van der Waals surface area contributed by atoms with Gasteiger partial charge in [-0.05, 0) is 67.0 Å². The van der Waals surface area contributed by atoms with E-state index in [2.05, 4.69) is 68.2 Å². The van der Waals surface area contributed by atoms with Gasteiger partial charge in [-0.2, -0.15) is 4.98 Å². The van der Waals surface area contributed by atoms with Crippen molar-refractivity contribution in [1.82, 2.24) is 20.4 Å². The summed E-state index contributed by atoms with van der Waals surface area (Å²) in [5, 5.41) is 10.5.